The molecule has 1 saturated heterocycles. The lowest BCUT2D eigenvalue weighted by Crippen LogP contribution is -2.30. The van der Waals surface area contributed by atoms with Crippen LogP contribution in [0.3, 0.4) is 0 Å². The van der Waals surface area contributed by atoms with Crippen LogP contribution in [-0.4, -0.2) is 56.8 Å². The fourth-order valence-corrected chi connectivity index (χ4v) is 5.54. The van der Waals surface area contributed by atoms with Crippen LogP contribution in [0, 0.1) is 18.3 Å². The molecule has 3 aromatic rings. The largest absolute Gasteiger partial charge is 0.463 e. The number of hydrogen-bond acceptors (Lipinski definition) is 7. The van der Waals surface area contributed by atoms with Crippen LogP contribution in [0.4, 0.5) is 25.1 Å². The highest BCUT2D eigenvalue weighted by Gasteiger charge is 2.34. The molecule has 0 aliphatic carbocycles. The maximum atomic E-state index is 14.1. The van der Waals surface area contributed by atoms with Crippen LogP contribution < -0.4 is 10.2 Å². The van der Waals surface area contributed by atoms with E-state index in [1.165, 1.54) is 30.5 Å². The summed E-state index contributed by atoms with van der Waals surface area (Å²) in [5.74, 6) is -3.28. The minimum Gasteiger partial charge on any atom is -0.463 e. The van der Waals surface area contributed by atoms with Gasteiger partial charge < -0.3 is 15.3 Å². The molecule has 0 spiro atoms. The number of nitrogens with one attached hydrogen (secondary N) is 1. The lowest BCUT2D eigenvalue weighted by molar-refractivity contribution is -0.0102. The third-order valence-corrected chi connectivity index (χ3v) is 8.15. The molecule has 2 N–H and O–H groups in total. The van der Waals surface area contributed by atoms with Crippen molar-refractivity contribution < 1.29 is 27.7 Å². The Hall–Kier alpha value is -4.44. The fraction of sp³-hybridized carbons (Fsp3) is 0.296. The van der Waals surface area contributed by atoms with Gasteiger partial charge in [0.25, 0.3) is 5.91 Å². The zero-order chi connectivity index (χ0) is 29.1. The SMILES string of the molecule is Cc1c(-c2ccc(C#N)cc2)nnc(N2CCCC(F)(F)CC2)c1C(=O)Nc1cccc(S(C)(=O)=NC(=O)O)c1. The molecular formula is C27H26F2N6O4S. The Morgan fingerprint density at radius 3 is 2.55 bits per heavy atom. The number of alkyl halides is 2. The molecule has 13 heteroatoms. The van der Waals surface area contributed by atoms with Crippen LogP contribution >= 0.6 is 0 Å². The van der Waals surface area contributed by atoms with E-state index in [1.54, 1.807) is 36.1 Å². The number of aromatic nitrogens is 2. The number of carboxylic acid groups (broad SMARTS) is 1. The van der Waals surface area contributed by atoms with E-state index in [0.717, 1.165) is 0 Å². The lowest BCUT2D eigenvalue weighted by Gasteiger charge is -2.25. The molecule has 1 aromatic heterocycles. The summed E-state index contributed by atoms with van der Waals surface area (Å²) in [5, 5.41) is 29.4. The van der Waals surface area contributed by atoms with Crippen LogP contribution in [0.25, 0.3) is 11.3 Å². The quantitative estimate of drug-likeness (QED) is 0.419. The van der Waals surface area contributed by atoms with Gasteiger partial charge in [0.2, 0.25) is 5.92 Å². The molecule has 0 radical (unpaired) electrons. The van der Waals surface area contributed by atoms with Crippen molar-refractivity contribution in [3.05, 3.63) is 65.2 Å². The van der Waals surface area contributed by atoms with E-state index in [0.29, 0.717) is 22.4 Å². The molecule has 0 bridgehead atoms. The predicted octanol–water partition coefficient (Wildman–Crippen LogP) is 5.34. The number of nitriles is 1. The van der Waals surface area contributed by atoms with Gasteiger partial charge in [0.15, 0.2) is 5.82 Å². The molecule has 1 fully saturated rings. The second-order valence-corrected chi connectivity index (χ2v) is 11.7. The summed E-state index contributed by atoms with van der Waals surface area (Å²) >= 11 is 0. The minimum atomic E-state index is -3.28. The minimum absolute atomic E-state index is 0.0261. The zero-order valence-electron chi connectivity index (χ0n) is 21.7. The van der Waals surface area contributed by atoms with Gasteiger partial charge in [-0.3, -0.25) is 4.79 Å². The molecule has 1 aliphatic rings. The van der Waals surface area contributed by atoms with Crippen molar-refractivity contribution in [2.45, 2.75) is 37.0 Å². The number of benzene rings is 2. The highest BCUT2D eigenvalue weighted by Crippen LogP contribution is 2.34. The average Bonchev–Trinajstić information content (AvgIpc) is 3.08. The predicted molar refractivity (Wildman–Crippen MR) is 145 cm³/mol. The highest BCUT2D eigenvalue weighted by atomic mass is 32.2. The average molecular weight is 569 g/mol. The smallest absolute Gasteiger partial charge is 0.439 e. The number of carbonyl (C=O) groups is 2. The summed E-state index contributed by atoms with van der Waals surface area (Å²) < 4.78 is 44.3. The zero-order valence-corrected chi connectivity index (χ0v) is 22.5. The molecule has 2 aromatic carbocycles. The Morgan fingerprint density at radius 2 is 1.88 bits per heavy atom. The number of amides is 2. The Labute approximate surface area is 229 Å². The highest BCUT2D eigenvalue weighted by molar-refractivity contribution is 7.93. The molecular weight excluding hydrogens is 542 g/mol. The molecule has 0 saturated carbocycles. The summed E-state index contributed by atoms with van der Waals surface area (Å²) in [7, 11) is -3.28. The maximum absolute atomic E-state index is 14.1. The number of anilines is 2. The second-order valence-electron chi connectivity index (χ2n) is 9.42. The van der Waals surface area contributed by atoms with Crippen molar-refractivity contribution >= 4 is 33.2 Å². The maximum Gasteiger partial charge on any atom is 0.439 e. The fourth-order valence-electron chi connectivity index (χ4n) is 4.46. The van der Waals surface area contributed by atoms with Gasteiger partial charge in [0.1, 0.15) is 0 Å². The normalized spacial score (nSPS) is 16.2. The molecule has 10 nitrogen and oxygen atoms in total. The Balaban J connectivity index is 1.78. The summed E-state index contributed by atoms with van der Waals surface area (Å²) in [5.41, 5.74) is 2.22. The first-order valence-corrected chi connectivity index (χ1v) is 14.2. The van der Waals surface area contributed by atoms with Crippen LogP contribution in [0.2, 0.25) is 0 Å². The van der Waals surface area contributed by atoms with Gasteiger partial charge in [-0.1, -0.05) is 18.2 Å². The first-order chi connectivity index (χ1) is 18.9. The van der Waals surface area contributed by atoms with E-state index in [9.17, 15) is 22.6 Å². The third kappa shape index (κ3) is 6.40. The molecule has 2 amide bonds. The summed E-state index contributed by atoms with van der Waals surface area (Å²) in [4.78, 5) is 26.5. The van der Waals surface area contributed by atoms with Gasteiger partial charge in [-0.25, -0.2) is 17.8 Å². The lowest BCUT2D eigenvalue weighted by atomic mass is 10.0. The summed E-state index contributed by atoms with van der Waals surface area (Å²) in [6, 6.07) is 14.5. The van der Waals surface area contributed by atoms with Crippen molar-refractivity contribution in [1.29, 1.82) is 5.26 Å². The first-order valence-electron chi connectivity index (χ1n) is 12.3. The number of rotatable bonds is 5. The molecule has 208 valence electrons. The topological polar surface area (TPSA) is 149 Å². The molecule has 4 rings (SSSR count). The third-order valence-electron chi connectivity index (χ3n) is 6.51. The number of halogens is 2. The molecule has 2 heterocycles. The van der Waals surface area contributed by atoms with Crippen LogP contribution in [0.15, 0.2) is 57.8 Å². The van der Waals surface area contributed by atoms with Crippen molar-refractivity contribution in [2.24, 2.45) is 4.36 Å². The van der Waals surface area contributed by atoms with E-state index >= 15 is 0 Å². The molecule has 1 aliphatic heterocycles. The first kappa shape index (κ1) is 28.6. The molecule has 1 atom stereocenters. The van der Waals surface area contributed by atoms with E-state index in [1.807, 2.05) is 6.07 Å². The Bertz CT molecular complexity index is 1630. The standard InChI is InChI=1S/C27H26F2N6O4S/c1-17-22(25(36)31-20-5-3-6-21(15-20)40(2,39)34-26(37)38)24(35-13-4-11-27(28,29)12-14-35)33-32-23(17)19-9-7-18(16-30)8-10-19/h3,5-10,15H,4,11-14H2,1-2H3,(H,31,36)(H,37,38). The van der Waals surface area contributed by atoms with Gasteiger partial charge in [-0.15, -0.1) is 14.6 Å². The van der Waals surface area contributed by atoms with Crippen LogP contribution in [0.1, 0.15) is 40.7 Å². The molecule has 40 heavy (non-hydrogen) atoms. The number of hydrogen-bond donors (Lipinski definition) is 2. The van der Waals surface area contributed by atoms with Gasteiger partial charge >= 0.3 is 6.09 Å². The molecule has 1 unspecified atom stereocenters. The van der Waals surface area contributed by atoms with Gasteiger partial charge in [-0.05, 0) is 49.2 Å². The van der Waals surface area contributed by atoms with E-state index in [2.05, 4.69) is 19.9 Å². The van der Waals surface area contributed by atoms with Crippen molar-refractivity contribution in [3.8, 4) is 17.3 Å². The van der Waals surface area contributed by atoms with Gasteiger partial charge in [-0.2, -0.15) is 5.26 Å². The number of nitrogens with zero attached hydrogens (tertiary/aromatic N) is 5. The Kier molecular flexibility index (Phi) is 8.11. The van der Waals surface area contributed by atoms with Gasteiger partial charge in [0, 0.05) is 48.3 Å². The van der Waals surface area contributed by atoms with Gasteiger partial charge in [0.05, 0.1) is 32.6 Å². The van der Waals surface area contributed by atoms with Crippen molar-refractivity contribution in [3.63, 3.8) is 0 Å². The second kappa shape index (κ2) is 11.4. The monoisotopic (exact) mass is 568 g/mol. The Morgan fingerprint density at radius 1 is 1.15 bits per heavy atom. The van der Waals surface area contributed by atoms with Crippen LogP contribution in [0.5, 0.6) is 0 Å². The van der Waals surface area contributed by atoms with Crippen molar-refractivity contribution in [1.82, 2.24) is 10.2 Å². The van der Waals surface area contributed by atoms with E-state index < -0.39 is 34.1 Å². The van der Waals surface area contributed by atoms with Crippen LogP contribution in [-0.2, 0) is 9.73 Å². The van der Waals surface area contributed by atoms with E-state index in [-0.39, 0.29) is 47.9 Å². The summed E-state index contributed by atoms with van der Waals surface area (Å²) in [6.45, 7) is 1.90. The van der Waals surface area contributed by atoms with Crippen molar-refractivity contribution in [2.75, 3.05) is 29.6 Å². The summed E-state index contributed by atoms with van der Waals surface area (Å²) in [6.07, 6.45) is -0.872. The number of carbonyl (C=O) groups excluding carboxylic acids is 1. The van der Waals surface area contributed by atoms with E-state index in [4.69, 9.17) is 10.4 Å².